The summed E-state index contributed by atoms with van der Waals surface area (Å²) in [6, 6.07) is 9.46. The van der Waals surface area contributed by atoms with Crippen LogP contribution < -0.4 is 47.9 Å². The molecule has 124 heavy (non-hydrogen) atoms. The second-order valence-corrected chi connectivity index (χ2v) is 32.6. The molecule has 1 aromatic heterocycles. The smallest absolute Gasteiger partial charge is 0.407 e. The third kappa shape index (κ3) is 60.1. The number of urea groups is 2. The number of aliphatic carboxylic acids is 2. The highest BCUT2D eigenvalue weighted by molar-refractivity contribution is 14.1. The number of benzene rings is 2. The topological polar surface area (TPSA) is 496 Å². The summed E-state index contributed by atoms with van der Waals surface area (Å²) in [7, 11) is 0. The lowest BCUT2D eigenvalue weighted by Gasteiger charge is -2.25. The zero-order valence-corrected chi connectivity index (χ0v) is 75.9. The van der Waals surface area contributed by atoms with E-state index in [1.165, 1.54) is 9.13 Å². The molecule has 0 fully saturated rings. The monoisotopic (exact) mass is 1870 g/mol. The highest BCUT2D eigenvalue weighted by Crippen LogP contribution is 2.22. The number of carbonyl (C=O) groups excluding carboxylic acids is 9. The van der Waals surface area contributed by atoms with Gasteiger partial charge in [0.05, 0.1) is 158 Å². The zero-order valence-electron chi connectivity index (χ0n) is 73.7. The Balaban J connectivity index is 1.18. The quantitative estimate of drug-likeness (QED) is 0.0123. The van der Waals surface area contributed by atoms with Crippen molar-refractivity contribution in [1.29, 1.82) is 0 Å². The standard InChI is InChI=1S/C84H137IN12O27/c1-82(2,3)122-77(106)68(22-11-13-33-86-71(98)24-16-18-62-25-27-64(85)28-26-62)92-73(100)32-39-112-43-47-116-50-52-118-54-56-120-58-59-121-57-55-119-53-51-117-48-44-113-40-36-87-75(103)66(21-10-15-35-89-81(110)124-84(7,8)9)91-72(99)31-38-111-42-46-115-49-45-114-41-37-97-61-70(95-96-97)63-19-17-20-65(60-63)90-79(108)88-34-14-12-23-69(78(107)123-83(4,5)6)94-80(109)93-67(76(104)105)29-30-74(101)102/h17,19-20,25-28,60-61,66-69H,10-16,18,21-24,29-59H2,1-9H3,(H,86,98)(H,87,103)(H,89,110)(H,91,99)(H,92,100)(H,101,102)(H,104,105)(H2,88,90,108)(H2,93,94,109)/t66-,67-,68-,69-/m0/s1. The summed E-state index contributed by atoms with van der Waals surface area (Å²) in [6.07, 6.45) is 6.24. The Hall–Kier alpha value is -8.56. The molecule has 0 aliphatic carbocycles. The third-order valence-corrected chi connectivity index (χ3v) is 17.7. The largest absolute Gasteiger partial charge is 0.481 e. The van der Waals surface area contributed by atoms with Gasteiger partial charge in [-0.25, -0.2) is 33.4 Å². The molecule has 9 amide bonds. The molecule has 3 aromatic rings. The number of hydrogen-bond acceptors (Lipinski definition) is 27. The van der Waals surface area contributed by atoms with Crippen molar-refractivity contribution in [2.75, 3.05) is 177 Å². The highest BCUT2D eigenvalue weighted by atomic mass is 127. The molecule has 0 bridgehead atoms. The molecule has 0 aliphatic heterocycles. The van der Waals surface area contributed by atoms with Gasteiger partial charge < -0.3 is 124 Å². The summed E-state index contributed by atoms with van der Waals surface area (Å²) < 4.78 is 80.7. The maximum absolute atomic E-state index is 13.3. The Morgan fingerprint density at radius 3 is 1.33 bits per heavy atom. The molecular formula is C84H137IN12O27. The van der Waals surface area contributed by atoms with Crippen LogP contribution in [0.5, 0.6) is 0 Å². The molecule has 3 rings (SSSR count). The van der Waals surface area contributed by atoms with Gasteiger partial charge in [0.1, 0.15) is 46.7 Å². The van der Waals surface area contributed by atoms with Crippen LogP contribution in [0.4, 0.5) is 20.1 Å². The number of nitrogens with one attached hydrogen (secondary N) is 9. The fraction of sp³-hybridized carbons (Fsp3) is 0.702. The molecular weight excluding hydrogens is 1740 g/mol. The number of carboxylic acid groups (broad SMARTS) is 2. The van der Waals surface area contributed by atoms with E-state index in [0.29, 0.717) is 187 Å². The third-order valence-electron chi connectivity index (χ3n) is 17.0. The van der Waals surface area contributed by atoms with Gasteiger partial charge in [-0.05, 0) is 192 Å². The van der Waals surface area contributed by atoms with Crippen molar-refractivity contribution in [2.24, 2.45) is 0 Å². The van der Waals surface area contributed by atoms with Gasteiger partial charge in [0.25, 0.3) is 0 Å². The van der Waals surface area contributed by atoms with Crippen molar-refractivity contribution >= 4 is 93.9 Å². The first-order chi connectivity index (χ1) is 59.2. The van der Waals surface area contributed by atoms with Crippen molar-refractivity contribution in [3.05, 3.63) is 63.9 Å². The minimum atomic E-state index is -1.50. The Morgan fingerprint density at radius 2 is 0.847 bits per heavy atom. The number of unbranched alkanes of at least 4 members (excludes halogenated alkanes) is 3. The number of nitrogens with zero attached hydrogens (tertiary/aromatic N) is 3. The number of rotatable bonds is 71. The van der Waals surface area contributed by atoms with Crippen LogP contribution in [0.15, 0.2) is 54.7 Å². The van der Waals surface area contributed by atoms with Crippen LogP contribution >= 0.6 is 22.6 Å². The van der Waals surface area contributed by atoms with E-state index in [2.05, 4.69) is 105 Å². The van der Waals surface area contributed by atoms with Gasteiger partial charge in [0.15, 0.2) is 0 Å². The Morgan fingerprint density at radius 1 is 0.411 bits per heavy atom. The van der Waals surface area contributed by atoms with Crippen LogP contribution in [-0.2, 0) is 118 Å². The van der Waals surface area contributed by atoms with Crippen molar-refractivity contribution in [1.82, 2.24) is 57.5 Å². The fourth-order valence-corrected chi connectivity index (χ4v) is 11.3. The van der Waals surface area contributed by atoms with Crippen LogP contribution in [0.3, 0.4) is 0 Å². The molecule has 39 nitrogen and oxygen atoms in total. The predicted molar refractivity (Wildman–Crippen MR) is 464 cm³/mol. The summed E-state index contributed by atoms with van der Waals surface area (Å²) in [6.45, 7) is 23.9. The first kappa shape index (κ1) is 110. The minimum absolute atomic E-state index is 0.00373. The lowest BCUT2D eigenvalue weighted by Crippen LogP contribution is -2.52. The SMILES string of the molecule is CC(C)(C)OC(=O)NCCCC[C@H](NC(=O)CCOCCOCCOCCn1cc(-c2cccc(NC(=O)NCCCC[C@H](NC(=O)N[C@@H](CCC(=O)O)C(=O)O)C(=O)OC(C)(C)C)c2)nn1)C(=O)NCCOCCOCCOCCOCCOCCOCCOCCOCCC(=O)N[C@@H](CCCCNC(=O)CCCc1ccc(I)cc1)C(=O)OC(C)(C)C. The van der Waals surface area contributed by atoms with E-state index in [4.69, 9.17) is 71.4 Å². The predicted octanol–water partition coefficient (Wildman–Crippen LogP) is 6.56. The Labute approximate surface area is 741 Å². The highest BCUT2D eigenvalue weighted by Gasteiger charge is 2.30. The zero-order chi connectivity index (χ0) is 91.1. The maximum Gasteiger partial charge on any atom is 0.407 e. The molecule has 0 unspecified atom stereocenters. The van der Waals surface area contributed by atoms with Crippen LogP contribution in [0, 0.1) is 3.57 Å². The fourth-order valence-electron chi connectivity index (χ4n) is 11.0. The van der Waals surface area contributed by atoms with E-state index in [1.807, 2.05) is 6.07 Å². The van der Waals surface area contributed by atoms with Gasteiger partial charge in [-0.15, -0.1) is 5.10 Å². The minimum Gasteiger partial charge on any atom is -0.481 e. The number of anilines is 1. The van der Waals surface area contributed by atoms with Crippen molar-refractivity contribution in [3.63, 3.8) is 0 Å². The number of carbonyl (C=O) groups is 11. The van der Waals surface area contributed by atoms with Crippen molar-refractivity contribution in [3.8, 4) is 11.3 Å². The van der Waals surface area contributed by atoms with Crippen molar-refractivity contribution < 1.29 is 129 Å². The normalized spacial score (nSPS) is 12.5. The number of halogens is 1. The second-order valence-electron chi connectivity index (χ2n) is 31.4. The molecule has 0 radical (unpaired) electrons. The van der Waals surface area contributed by atoms with Gasteiger partial charge in [-0.1, -0.05) is 29.5 Å². The van der Waals surface area contributed by atoms with Crippen LogP contribution in [-0.4, -0.2) is 303 Å². The van der Waals surface area contributed by atoms with E-state index in [-0.39, 0.29) is 115 Å². The summed E-state index contributed by atoms with van der Waals surface area (Å²) >= 11 is 2.27. The molecule has 4 atom stereocenters. The number of ether oxygens (including phenoxy) is 14. The summed E-state index contributed by atoms with van der Waals surface area (Å²) in [4.78, 5) is 138. The molecule has 1 heterocycles. The van der Waals surface area contributed by atoms with Crippen LogP contribution in [0.25, 0.3) is 11.3 Å². The van der Waals surface area contributed by atoms with E-state index >= 15 is 0 Å². The average Bonchev–Trinajstić information content (AvgIpc) is 1.68. The number of alkyl carbamates (subject to hydrolysis) is 1. The first-order valence-corrected chi connectivity index (χ1v) is 43.5. The first-order valence-electron chi connectivity index (χ1n) is 42.5. The van der Waals surface area contributed by atoms with Crippen molar-refractivity contribution in [2.45, 2.75) is 213 Å². The summed E-state index contributed by atoms with van der Waals surface area (Å²) in [5.74, 6) is -5.02. The van der Waals surface area contributed by atoms with E-state index in [0.717, 1.165) is 12.8 Å². The van der Waals surface area contributed by atoms with Gasteiger partial charge in [-0.3, -0.25) is 24.0 Å². The van der Waals surface area contributed by atoms with Crippen LogP contribution in [0.1, 0.15) is 164 Å². The maximum atomic E-state index is 13.3. The Kier molecular flexibility index (Phi) is 58.3. The number of amides is 9. The summed E-state index contributed by atoms with van der Waals surface area (Å²) in [5, 5.41) is 51.0. The molecule has 11 N–H and O–H groups in total. The van der Waals surface area contributed by atoms with Gasteiger partial charge >= 0.3 is 42.0 Å². The molecule has 0 saturated heterocycles. The molecule has 0 aliphatic rings. The van der Waals surface area contributed by atoms with E-state index in [9.17, 15) is 57.8 Å². The lowest BCUT2D eigenvalue weighted by atomic mass is 10.1. The molecule has 40 heteroatoms. The van der Waals surface area contributed by atoms with E-state index < -0.39 is 89.4 Å². The Bertz CT molecular complexity index is 3530. The molecule has 2 aromatic carbocycles. The average molecular weight is 1870 g/mol. The van der Waals surface area contributed by atoms with Gasteiger partial charge in [0.2, 0.25) is 23.6 Å². The number of carboxylic acids is 2. The lowest BCUT2D eigenvalue weighted by molar-refractivity contribution is -0.159. The van der Waals surface area contributed by atoms with Crippen LogP contribution in [0.2, 0.25) is 0 Å². The van der Waals surface area contributed by atoms with Gasteiger partial charge in [0, 0.05) is 66.7 Å². The molecule has 0 spiro atoms. The number of hydrogen-bond donors (Lipinski definition) is 11. The molecule has 0 saturated carbocycles. The van der Waals surface area contributed by atoms with Gasteiger partial charge in [-0.2, -0.15) is 0 Å². The number of esters is 2. The molecule has 702 valence electrons. The van der Waals surface area contributed by atoms with E-state index in [1.54, 1.807) is 91.4 Å². The number of aromatic nitrogens is 3. The summed E-state index contributed by atoms with van der Waals surface area (Å²) in [5.41, 5.74) is 0.665. The number of aryl methyl sites for hydroxylation is 1. The second kappa shape index (κ2) is 65.9.